The maximum absolute atomic E-state index is 10.1. The van der Waals surface area contributed by atoms with Crippen LogP contribution in [0, 0.1) is 0 Å². The van der Waals surface area contributed by atoms with Crippen molar-refractivity contribution in [1.82, 2.24) is 0 Å². The van der Waals surface area contributed by atoms with Gasteiger partial charge in [0.1, 0.15) is 0 Å². The van der Waals surface area contributed by atoms with E-state index in [1.807, 2.05) is 0 Å². The summed E-state index contributed by atoms with van der Waals surface area (Å²) in [6, 6.07) is 0. The van der Waals surface area contributed by atoms with E-state index in [1.54, 1.807) is 0 Å². The molecule has 0 fully saturated rings. The van der Waals surface area contributed by atoms with Gasteiger partial charge in [0.2, 0.25) is 0 Å². The van der Waals surface area contributed by atoms with Crippen molar-refractivity contribution in [3.63, 3.8) is 0 Å². The summed E-state index contributed by atoms with van der Waals surface area (Å²) in [5.74, 6) is 0. The molecule has 38 valence electrons. The summed E-state index contributed by atoms with van der Waals surface area (Å²) in [4.78, 5) is 20.2. The third-order valence-corrected chi connectivity index (χ3v) is 1.45. The normalized spacial score (nSPS) is 7.71. The van der Waals surface area contributed by atoms with E-state index in [0.29, 0.717) is 0 Å². The number of hydrogen-bond acceptors (Lipinski definition) is 2. The fourth-order valence-electron chi connectivity index (χ4n) is 0.248. The molecule has 2 nitrogen and oxygen atoms in total. The average molecular weight is 134 g/mol. The van der Waals surface area contributed by atoms with Gasteiger partial charge in [-0.1, -0.05) is 0 Å². The monoisotopic (exact) mass is 134 g/mol. The Labute approximate surface area is 51.2 Å². The molecule has 0 aliphatic heterocycles. The van der Waals surface area contributed by atoms with Crippen LogP contribution in [0.2, 0.25) is 0 Å². The number of hydrogen-bond donors (Lipinski definition) is 0. The Morgan fingerprint density at radius 3 is 1.43 bits per heavy atom. The van der Waals surface area contributed by atoms with Crippen LogP contribution in [0.1, 0.15) is 13.8 Å². The summed E-state index contributed by atoms with van der Waals surface area (Å²) in [5, 5.41) is 0. The first kappa shape index (κ1) is 7.05. The van der Waals surface area contributed by atoms with Gasteiger partial charge < -0.3 is 0 Å². The van der Waals surface area contributed by atoms with Gasteiger partial charge in [0.15, 0.2) is 0 Å². The van der Waals surface area contributed by atoms with Crippen molar-refractivity contribution in [3.8, 4) is 0 Å². The zero-order valence-corrected chi connectivity index (χ0v) is 5.88. The number of carbonyl (C=O) groups is 2. The van der Waals surface area contributed by atoms with Gasteiger partial charge in [-0.05, 0) is 0 Å². The minimum atomic E-state index is -0.889. The minimum absolute atomic E-state index is 0.0625. The molecule has 0 saturated carbocycles. The number of carbonyl (C=O) groups excluding carboxylic acids is 2. The summed E-state index contributed by atoms with van der Waals surface area (Å²) < 4.78 is 0.125. The van der Waals surface area contributed by atoms with Crippen molar-refractivity contribution in [1.29, 1.82) is 0 Å². The fraction of sp³-hybridized carbons (Fsp3) is 0.500. The van der Waals surface area contributed by atoms with Gasteiger partial charge in [0.05, 0.1) is 0 Å². The van der Waals surface area contributed by atoms with E-state index in [9.17, 15) is 9.59 Å². The third-order valence-electron chi connectivity index (χ3n) is 0.352. The standard InChI is InChI=1S/2C2H3O.Ti/c2*1-2-3;/h2*1H3;. The Balaban J connectivity index is 3.32. The molecule has 0 atom stereocenters. The molecule has 0 amide bonds. The van der Waals surface area contributed by atoms with Crippen molar-refractivity contribution in [2.45, 2.75) is 13.8 Å². The van der Waals surface area contributed by atoms with E-state index in [-0.39, 0.29) is 8.18 Å². The maximum atomic E-state index is 10.1. The Hall–Kier alpha value is 0.0543. The molecule has 0 aliphatic carbocycles. The molecule has 0 unspecified atom stereocenters. The van der Waals surface area contributed by atoms with Crippen molar-refractivity contribution in [2.24, 2.45) is 0 Å². The average Bonchev–Trinajstić information content (AvgIpc) is 1.27. The van der Waals surface area contributed by atoms with Gasteiger partial charge in [0, 0.05) is 0 Å². The summed E-state index contributed by atoms with van der Waals surface area (Å²) in [5.41, 5.74) is 0. The van der Waals surface area contributed by atoms with Crippen LogP contribution in [0.5, 0.6) is 0 Å². The Kier molecular flexibility index (Phi) is 3.13. The van der Waals surface area contributed by atoms with Crippen molar-refractivity contribution in [3.05, 3.63) is 0 Å². The van der Waals surface area contributed by atoms with Crippen LogP contribution in [0.25, 0.3) is 0 Å². The Bertz CT molecular complexity index is 85.9. The Morgan fingerprint density at radius 2 is 1.43 bits per heavy atom. The molecule has 0 aromatic rings. The molecule has 0 aromatic heterocycles. The molecule has 0 spiro atoms. The van der Waals surface area contributed by atoms with Crippen LogP contribution in [0.15, 0.2) is 0 Å². The zero-order valence-electron chi connectivity index (χ0n) is 4.32. The quantitative estimate of drug-likeness (QED) is 0.504. The first-order valence-corrected chi connectivity index (χ1v) is 3.47. The Morgan fingerprint density at radius 1 is 1.14 bits per heavy atom. The van der Waals surface area contributed by atoms with E-state index < -0.39 is 19.2 Å². The molecule has 0 aromatic carbocycles. The van der Waals surface area contributed by atoms with Crippen LogP contribution in [-0.2, 0) is 28.7 Å². The molecular formula is C4H6O2Ti. The second-order valence-electron chi connectivity index (χ2n) is 1.24. The van der Waals surface area contributed by atoms with Crippen molar-refractivity contribution in [2.75, 3.05) is 0 Å². The van der Waals surface area contributed by atoms with Crippen LogP contribution < -0.4 is 0 Å². The van der Waals surface area contributed by atoms with E-state index >= 15 is 0 Å². The summed E-state index contributed by atoms with van der Waals surface area (Å²) in [7, 11) is 0. The van der Waals surface area contributed by atoms with Crippen molar-refractivity contribution < 1.29 is 28.7 Å². The van der Waals surface area contributed by atoms with Crippen molar-refractivity contribution >= 4 is 8.18 Å². The van der Waals surface area contributed by atoms with Crippen LogP contribution in [-0.4, -0.2) is 8.18 Å². The molecule has 0 heterocycles. The molecule has 3 heteroatoms. The topological polar surface area (TPSA) is 34.1 Å². The van der Waals surface area contributed by atoms with Gasteiger partial charge >= 0.3 is 50.8 Å². The van der Waals surface area contributed by atoms with Gasteiger partial charge in [-0.25, -0.2) is 0 Å². The van der Waals surface area contributed by atoms with Gasteiger partial charge in [-0.3, -0.25) is 0 Å². The van der Waals surface area contributed by atoms with Gasteiger partial charge in [0.25, 0.3) is 0 Å². The van der Waals surface area contributed by atoms with Crippen LogP contribution in [0.3, 0.4) is 0 Å². The van der Waals surface area contributed by atoms with Gasteiger partial charge in [-0.15, -0.1) is 0 Å². The molecule has 0 bridgehead atoms. The molecule has 0 radical (unpaired) electrons. The predicted octanol–water partition coefficient (Wildman–Crippen LogP) is 0.162. The van der Waals surface area contributed by atoms with E-state index in [4.69, 9.17) is 0 Å². The SMILES string of the molecule is C[C](=O)[Ti][C](C)=O. The molecule has 0 rings (SSSR count). The first-order valence-electron chi connectivity index (χ1n) is 1.91. The van der Waals surface area contributed by atoms with Crippen LogP contribution >= 0.6 is 0 Å². The second kappa shape index (κ2) is 3.11. The third kappa shape index (κ3) is 6.05. The summed E-state index contributed by atoms with van der Waals surface area (Å²) in [6.07, 6.45) is 0. The van der Waals surface area contributed by atoms with E-state index in [0.717, 1.165) is 0 Å². The fourth-order valence-corrected chi connectivity index (χ4v) is 1.02. The number of rotatable bonds is 2. The summed E-state index contributed by atoms with van der Waals surface area (Å²) >= 11 is -0.889. The zero-order chi connectivity index (χ0) is 5.86. The molecule has 0 N–H and O–H groups in total. The van der Waals surface area contributed by atoms with Crippen LogP contribution in [0.4, 0.5) is 0 Å². The van der Waals surface area contributed by atoms with E-state index in [2.05, 4.69) is 0 Å². The second-order valence-corrected chi connectivity index (χ2v) is 3.83. The molecular weight excluding hydrogens is 128 g/mol. The summed E-state index contributed by atoms with van der Waals surface area (Å²) in [6.45, 7) is 2.92. The van der Waals surface area contributed by atoms with Gasteiger partial charge in [-0.2, -0.15) is 0 Å². The van der Waals surface area contributed by atoms with E-state index in [1.165, 1.54) is 13.8 Å². The first-order chi connectivity index (χ1) is 3.13. The molecule has 0 saturated heterocycles. The molecule has 0 aliphatic rings. The predicted molar refractivity (Wildman–Crippen MR) is 21.4 cm³/mol. The molecule has 7 heavy (non-hydrogen) atoms.